The molecule has 2 N–H and O–H groups in total. The van der Waals surface area contributed by atoms with E-state index in [4.69, 9.17) is 16.3 Å². The van der Waals surface area contributed by atoms with Crippen molar-refractivity contribution < 1.29 is 32.6 Å². The van der Waals surface area contributed by atoms with Gasteiger partial charge >= 0.3 is 12.1 Å². The van der Waals surface area contributed by atoms with E-state index in [9.17, 15) is 27.9 Å². The van der Waals surface area contributed by atoms with Crippen molar-refractivity contribution in [2.45, 2.75) is 82.9 Å². The lowest BCUT2D eigenvalue weighted by molar-refractivity contribution is -0.238. The van der Waals surface area contributed by atoms with Crippen molar-refractivity contribution >= 4 is 23.5 Å². The molecular formula is C24H32ClF3N2O4. The summed E-state index contributed by atoms with van der Waals surface area (Å²) >= 11 is 6.01. The maximum atomic E-state index is 13.9. The van der Waals surface area contributed by atoms with Crippen LogP contribution >= 0.6 is 11.6 Å². The Labute approximate surface area is 202 Å². The van der Waals surface area contributed by atoms with E-state index in [1.807, 2.05) is 6.07 Å². The van der Waals surface area contributed by atoms with Crippen LogP contribution in [0.3, 0.4) is 0 Å². The minimum absolute atomic E-state index is 0.0429. The van der Waals surface area contributed by atoms with E-state index < -0.39 is 47.8 Å². The number of esters is 1. The summed E-state index contributed by atoms with van der Waals surface area (Å²) in [7, 11) is 0. The number of alkyl halides is 3. The van der Waals surface area contributed by atoms with Crippen molar-refractivity contribution in [3.63, 3.8) is 0 Å². The SMILES string of the molecule is CCOC(=O)[C@@H]1[C@@H](CCc2cccc(Cl)c2)C(=O)N1C(C)(O)N[C@@H](C1CCCCC1)C(F)(F)F. The molecule has 34 heavy (non-hydrogen) atoms. The predicted octanol–water partition coefficient (Wildman–Crippen LogP) is 4.43. The molecule has 0 bridgehead atoms. The van der Waals surface area contributed by atoms with Gasteiger partial charge in [0, 0.05) is 5.02 Å². The Hall–Kier alpha value is -1.84. The topological polar surface area (TPSA) is 78.9 Å². The van der Waals surface area contributed by atoms with Gasteiger partial charge in [0.25, 0.3) is 0 Å². The van der Waals surface area contributed by atoms with Crippen LogP contribution in [0.1, 0.15) is 57.9 Å². The second kappa shape index (κ2) is 10.8. The number of nitrogens with one attached hydrogen (secondary N) is 1. The molecule has 0 radical (unpaired) electrons. The maximum absolute atomic E-state index is 13.9. The molecule has 2 fully saturated rings. The Kier molecular flexibility index (Phi) is 8.52. The second-order valence-electron chi connectivity index (χ2n) is 9.26. The van der Waals surface area contributed by atoms with Crippen molar-refractivity contribution in [3.05, 3.63) is 34.9 Å². The van der Waals surface area contributed by atoms with Crippen LogP contribution in [0.15, 0.2) is 24.3 Å². The third-order valence-corrected chi connectivity index (χ3v) is 6.98. The van der Waals surface area contributed by atoms with Crippen molar-refractivity contribution in [1.29, 1.82) is 0 Å². The zero-order valence-electron chi connectivity index (χ0n) is 19.4. The van der Waals surface area contributed by atoms with Gasteiger partial charge in [-0.2, -0.15) is 13.2 Å². The highest BCUT2D eigenvalue weighted by atomic mass is 35.5. The van der Waals surface area contributed by atoms with Crippen LogP contribution in [0.4, 0.5) is 13.2 Å². The number of carbonyl (C=O) groups is 2. The first kappa shape index (κ1) is 26.8. The molecule has 0 spiro atoms. The van der Waals surface area contributed by atoms with Crippen LogP contribution < -0.4 is 5.32 Å². The first-order chi connectivity index (χ1) is 16.0. The summed E-state index contributed by atoms with van der Waals surface area (Å²) in [6.45, 7) is 2.73. The van der Waals surface area contributed by atoms with E-state index in [1.165, 1.54) is 0 Å². The molecule has 0 aromatic heterocycles. The van der Waals surface area contributed by atoms with E-state index in [-0.39, 0.29) is 13.0 Å². The molecule has 1 saturated carbocycles. The molecule has 1 aromatic carbocycles. The summed E-state index contributed by atoms with van der Waals surface area (Å²) in [5.74, 6) is -5.25. The van der Waals surface area contributed by atoms with Crippen LogP contribution in [0, 0.1) is 11.8 Å². The van der Waals surface area contributed by atoms with Crippen LogP contribution in [0.5, 0.6) is 0 Å². The summed E-state index contributed by atoms with van der Waals surface area (Å²) < 4.78 is 46.9. The predicted molar refractivity (Wildman–Crippen MR) is 121 cm³/mol. The van der Waals surface area contributed by atoms with E-state index >= 15 is 0 Å². The molecule has 1 aliphatic heterocycles. The Bertz CT molecular complexity index is 874. The Morgan fingerprint density at radius 1 is 1.29 bits per heavy atom. The van der Waals surface area contributed by atoms with Crippen LogP contribution in [-0.4, -0.2) is 52.6 Å². The van der Waals surface area contributed by atoms with Gasteiger partial charge < -0.3 is 9.84 Å². The molecule has 6 nitrogen and oxygen atoms in total. The lowest BCUT2D eigenvalue weighted by atomic mass is 9.80. The van der Waals surface area contributed by atoms with Gasteiger partial charge in [0.05, 0.1) is 12.5 Å². The fourth-order valence-electron chi connectivity index (χ4n) is 5.13. The zero-order chi connectivity index (χ0) is 25.1. The number of benzene rings is 1. The third kappa shape index (κ3) is 6.04. The smallest absolute Gasteiger partial charge is 0.404 e. The van der Waals surface area contributed by atoms with Crippen LogP contribution in [-0.2, 0) is 20.7 Å². The number of ether oxygens (including phenoxy) is 1. The number of carbonyl (C=O) groups excluding carboxylic acids is 2. The van der Waals surface area contributed by atoms with E-state index in [0.717, 1.165) is 23.8 Å². The van der Waals surface area contributed by atoms with Crippen molar-refractivity contribution in [2.24, 2.45) is 11.8 Å². The molecule has 4 atom stereocenters. The number of nitrogens with zero attached hydrogens (tertiary/aromatic N) is 1. The summed E-state index contributed by atoms with van der Waals surface area (Å²) in [6.07, 6.45) is -0.923. The fourth-order valence-corrected chi connectivity index (χ4v) is 5.34. The van der Waals surface area contributed by atoms with E-state index in [0.29, 0.717) is 37.1 Å². The Balaban J connectivity index is 1.79. The third-order valence-electron chi connectivity index (χ3n) is 6.75. The highest BCUT2D eigenvalue weighted by Crippen LogP contribution is 2.40. The fraction of sp³-hybridized carbons (Fsp3) is 0.667. The summed E-state index contributed by atoms with van der Waals surface area (Å²) in [6, 6.07) is 3.89. The Morgan fingerprint density at radius 3 is 2.56 bits per heavy atom. The van der Waals surface area contributed by atoms with E-state index in [2.05, 4.69) is 5.32 Å². The van der Waals surface area contributed by atoms with Crippen molar-refractivity contribution in [3.8, 4) is 0 Å². The van der Waals surface area contributed by atoms with Crippen molar-refractivity contribution in [2.75, 3.05) is 6.61 Å². The summed E-state index contributed by atoms with van der Waals surface area (Å²) in [5, 5.41) is 13.9. The van der Waals surface area contributed by atoms with Gasteiger partial charge in [-0.1, -0.05) is 43.0 Å². The standard InChI is InChI=1S/C24H32ClF3N2O4/c1-3-34-22(32)19-18(13-12-15-8-7-11-17(25)14-15)21(31)30(19)23(2,33)29-20(24(26,27)28)16-9-5-4-6-10-16/h7-8,11,14,16,18-20,29,33H,3-6,9-10,12-13H2,1-2H3/t18-,19+,20+,23?/m1/s1. The normalized spacial score (nSPS) is 24.3. The quantitative estimate of drug-likeness (QED) is 0.295. The Morgan fingerprint density at radius 2 is 1.97 bits per heavy atom. The van der Waals surface area contributed by atoms with Gasteiger partial charge in [0.1, 0.15) is 12.1 Å². The first-order valence-electron chi connectivity index (χ1n) is 11.8. The maximum Gasteiger partial charge on any atom is 0.404 e. The molecule has 2 aliphatic rings. The number of hydrogen-bond acceptors (Lipinski definition) is 5. The largest absolute Gasteiger partial charge is 0.464 e. The molecule has 10 heteroatoms. The summed E-state index contributed by atoms with van der Waals surface area (Å²) in [5.41, 5.74) is 0.862. The van der Waals surface area contributed by atoms with Gasteiger partial charge in [0.15, 0.2) is 5.85 Å². The minimum Gasteiger partial charge on any atom is -0.464 e. The molecular weight excluding hydrogens is 473 g/mol. The number of amides is 1. The van der Waals surface area contributed by atoms with Gasteiger partial charge in [-0.25, -0.2) is 4.79 Å². The number of aliphatic hydroxyl groups is 1. The first-order valence-corrected chi connectivity index (χ1v) is 12.1. The van der Waals surface area contributed by atoms with E-state index in [1.54, 1.807) is 25.1 Å². The number of hydrogen-bond donors (Lipinski definition) is 2. The average Bonchev–Trinajstić information content (AvgIpc) is 2.75. The van der Waals surface area contributed by atoms with Crippen molar-refractivity contribution in [1.82, 2.24) is 10.2 Å². The molecule has 3 rings (SSSR count). The number of β-lactam (4-membered cyclic amide) rings is 1. The number of halogens is 4. The molecule has 1 aromatic rings. The minimum atomic E-state index is -4.62. The second-order valence-corrected chi connectivity index (χ2v) is 9.70. The molecule has 1 unspecified atom stereocenters. The summed E-state index contributed by atoms with van der Waals surface area (Å²) in [4.78, 5) is 26.5. The highest BCUT2D eigenvalue weighted by molar-refractivity contribution is 6.30. The zero-order valence-corrected chi connectivity index (χ0v) is 20.2. The molecule has 1 amide bonds. The number of rotatable bonds is 9. The van der Waals surface area contributed by atoms with Gasteiger partial charge in [-0.15, -0.1) is 0 Å². The molecule has 190 valence electrons. The van der Waals surface area contributed by atoms with Gasteiger partial charge in [0.2, 0.25) is 5.91 Å². The average molecular weight is 505 g/mol. The molecule has 1 saturated heterocycles. The molecule has 1 heterocycles. The molecule has 1 aliphatic carbocycles. The number of aryl methyl sites for hydroxylation is 1. The number of likely N-dealkylation sites (tertiary alicyclic amines) is 1. The highest BCUT2D eigenvalue weighted by Gasteiger charge is 2.60. The van der Waals surface area contributed by atoms with Gasteiger partial charge in [-0.3, -0.25) is 15.0 Å². The lowest BCUT2D eigenvalue weighted by Crippen LogP contribution is -2.77. The lowest BCUT2D eigenvalue weighted by Gasteiger charge is -2.53. The van der Waals surface area contributed by atoms with Gasteiger partial charge in [-0.05, 0) is 63.1 Å². The van der Waals surface area contributed by atoms with Crippen LogP contribution in [0.2, 0.25) is 5.02 Å². The monoisotopic (exact) mass is 504 g/mol. The van der Waals surface area contributed by atoms with Crippen LogP contribution in [0.25, 0.3) is 0 Å².